The van der Waals surface area contributed by atoms with Crippen LogP contribution in [0.25, 0.3) is 0 Å². The van der Waals surface area contributed by atoms with Crippen molar-refractivity contribution in [2.24, 2.45) is 5.73 Å². The van der Waals surface area contributed by atoms with Crippen molar-refractivity contribution in [3.63, 3.8) is 0 Å². The SMILES string of the molecule is CC(C)(C)OC(=O)c1cc(CO)nc(C(N)=O)c1. The van der Waals surface area contributed by atoms with E-state index in [9.17, 15) is 9.59 Å². The second-order valence-electron chi connectivity index (χ2n) is 4.76. The van der Waals surface area contributed by atoms with Gasteiger partial charge in [0.2, 0.25) is 0 Å². The number of nitrogens with two attached hydrogens (primary N) is 1. The predicted molar refractivity (Wildman–Crippen MR) is 63.8 cm³/mol. The van der Waals surface area contributed by atoms with Gasteiger partial charge in [-0.1, -0.05) is 0 Å². The first-order valence-corrected chi connectivity index (χ1v) is 5.38. The summed E-state index contributed by atoms with van der Waals surface area (Å²) in [7, 11) is 0. The molecule has 0 saturated heterocycles. The van der Waals surface area contributed by atoms with Crippen molar-refractivity contribution in [1.29, 1.82) is 0 Å². The number of hydrogen-bond acceptors (Lipinski definition) is 5. The first kappa shape index (κ1) is 14.1. The lowest BCUT2D eigenvalue weighted by Crippen LogP contribution is -2.24. The molecule has 1 heterocycles. The Kier molecular flexibility index (Phi) is 4.03. The molecule has 0 aliphatic rings. The van der Waals surface area contributed by atoms with Crippen LogP contribution in [-0.4, -0.2) is 27.6 Å². The molecule has 1 rings (SSSR count). The molecule has 0 atom stereocenters. The van der Waals surface area contributed by atoms with Gasteiger partial charge in [-0.05, 0) is 32.9 Å². The number of aliphatic hydroxyl groups is 1. The van der Waals surface area contributed by atoms with E-state index in [-0.39, 0.29) is 17.0 Å². The smallest absolute Gasteiger partial charge is 0.338 e. The van der Waals surface area contributed by atoms with Crippen molar-refractivity contribution in [3.8, 4) is 0 Å². The number of ether oxygens (including phenoxy) is 1. The number of aromatic nitrogens is 1. The van der Waals surface area contributed by atoms with Crippen LogP contribution >= 0.6 is 0 Å². The van der Waals surface area contributed by atoms with Gasteiger partial charge in [0.05, 0.1) is 17.9 Å². The molecule has 0 spiro atoms. The number of primary amides is 1. The molecular formula is C12H16N2O4. The molecule has 0 aliphatic heterocycles. The Labute approximate surface area is 105 Å². The zero-order valence-corrected chi connectivity index (χ0v) is 10.6. The van der Waals surface area contributed by atoms with Gasteiger partial charge in [-0.2, -0.15) is 0 Å². The van der Waals surface area contributed by atoms with E-state index in [1.807, 2.05) is 0 Å². The fourth-order valence-electron chi connectivity index (χ4n) is 1.25. The van der Waals surface area contributed by atoms with Crippen LogP contribution in [0, 0.1) is 0 Å². The first-order valence-electron chi connectivity index (χ1n) is 5.38. The molecule has 0 aliphatic carbocycles. The van der Waals surface area contributed by atoms with Crippen molar-refractivity contribution in [2.75, 3.05) is 0 Å². The predicted octanol–water partition coefficient (Wildman–Crippen LogP) is 0.628. The molecule has 6 nitrogen and oxygen atoms in total. The maximum Gasteiger partial charge on any atom is 0.338 e. The van der Waals surface area contributed by atoms with Gasteiger partial charge in [0.15, 0.2) is 0 Å². The number of carbonyl (C=O) groups excluding carboxylic acids is 2. The lowest BCUT2D eigenvalue weighted by Gasteiger charge is -2.19. The minimum Gasteiger partial charge on any atom is -0.456 e. The molecule has 0 radical (unpaired) electrons. The van der Waals surface area contributed by atoms with Gasteiger partial charge in [-0.25, -0.2) is 9.78 Å². The molecule has 1 aromatic heterocycles. The number of esters is 1. The average molecular weight is 252 g/mol. The highest BCUT2D eigenvalue weighted by atomic mass is 16.6. The lowest BCUT2D eigenvalue weighted by molar-refractivity contribution is 0.00691. The molecule has 1 aromatic rings. The van der Waals surface area contributed by atoms with Crippen molar-refractivity contribution in [2.45, 2.75) is 33.0 Å². The van der Waals surface area contributed by atoms with Gasteiger partial charge in [0.1, 0.15) is 11.3 Å². The normalized spacial score (nSPS) is 11.1. The van der Waals surface area contributed by atoms with Crippen LogP contribution in [0.15, 0.2) is 12.1 Å². The summed E-state index contributed by atoms with van der Waals surface area (Å²) >= 11 is 0. The zero-order valence-electron chi connectivity index (χ0n) is 10.6. The number of amides is 1. The molecule has 3 N–H and O–H groups in total. The van der Waals surface area contributed by atoms with Gasteiger partial charge in [-0.15, -0.1) is 0 Å². The molecule has 0 bridgehead atoms. The van der Waals surface area contributed by atoms with E-state index < -0.39 is 24.1 Å². The number of aliphatic hydroxyl groups excluding tert-OH is 1. The third kappa shape index (κ3) is 3.81. The van der Waals surface area contributed by atoms with Gasteiger partial charge in [-0.3, -0.25) is 4.79 Å². The fourth-order valence-corrected chi connectivity index (χ4v) is 1.25. The van der Waals surface area contributed by atoms with Crippen LogP contribution < -0.4 is 5.73 Å². The topological polar surface area (TPSA) is 103 Å². The highest BCUT2D eigenvalue weighted by Crippen LogP contribution is 2.14. The van der Waals surface area contributed by atoms with E-state index in [4.69, 9.17) is 15.6 Å². The van der Waals surface area contributed by atoms with E-state index >= 15 is 0 Å². The monoisotopic (exact) mass is 252 g/mol. The maximum atomic E-state index is 11.8. The summed E-state index contributed by atoms with van der Waals surface area (Å²) < 4.78 is 5.16. The van der Waals surface area contributed by atoms with Crippen molar-refractivity contribution in [1.82, 2.24) is 4.98 Å². The molecular weight excluding hydrogens is 236 g/mol. The summed E-state index contributed by atoms with van der Waals surface area (Å²) in [5.74, 6) is -1.36. The van der Waals surface area contributed by atoms with Crippen molar-refractivity contribution in [3.05, 3.63) is 29.1 Å². The summed E-state index contributed by atoms with van der Waals surface area (Å²) in [5, 5.41) is 9.02. The Hall–Kier alpha value is -1.95. The Bertz CT molecular complexity index is 477. The van der Waals surface area contributed by atoms with Crippen LogP contribution in [0.4, 0.5) is 0 Å². The molecule has 0 saturated carbocycles. The molecule has 98 valence electrons. The van der Waals surface area contributed by atoms with E-state index in [1.165, 1.54) is 12.1 Å². The number of nitrogens with zero attached hydrogens (tertiary/aromatic N) is 1. The maximum absolute atomic E-state index is 11.8. The van der Waals surface area contributed by atoms with Crippen molar-refractivity contribution < 1.29 is 19.4 Å². The molecule has 6 heteroatoms. The minimum atomic E-state index is -0.768. The zero-order chi connectivity index (χ0) is 13.9. The summed E-state index contributed by atoms with van der Waals surface area (Å²) in [6, 6.07) is 2.61. The van der Waals surface area contributed by atoms with Gasteiger partial charge in [0.25, 0.3) is 5.91 Å². The Morgan fingerprint density at radius 2 is 2.00 bits per heavy atom. The van der Waals surface area contributed by atoms with Gasteiger partial charge >= 0.3 is 5.97 Å². The average Bonchev–Trinajstić information content (AvgIpc) is 2.26. The number of hydrogen-bond donors (Lipinski definition) is 2. The van der Waals surface area contributed by atoms with E-state index in [2.05, 4.69) is 4.98 Å². The highest BCUT2D eigenvalue weighted by molar-refractivity contribution is 5.95. The lowest BCUT2D eigenvalue weighted by atomic mass is 10.1. The third-order valence-electron chi connectivity index (χ3n) is 1.93. The minimum absolute atomic E-state index is 0.0811. The van der Waals surface area contributed by atoms with Gasteiger partial charge in [0, 0.05) is 0 Å². The first-order chi connectivity index (χ1) is 8.23. The van der Waals surface area contributed by atoms with Crippen LogP contribution in [0.1, 0.15) is 47.3 Å². The Balaban J connectivity index is 3.12. The Morgan fingerprint density at radius 1 is 1.39 bits per heavy atom. The Morgan fingerprint density at radius 3 is 2.44 bits per heavy atom. The summed E-state index contributed by atoms with van der Waals surface area (Å²) in [4.78, 5) is 26.7. The molecule has 1 amide bonds. The molecule has 0 aromatic carbocycles. The van der Waals surface area contributed by atoms with Gasteiger partial charge < -0.3 is 15.6 Å². The highest BCUT2D eigenvalue weighted by Gasteiger charge is 2.19. The van der Waals surface area contributed by atoms with Crippen LogP contribution in [-0.2, 0) is 11.3 Å². The molecule has 0 unspecified atom stereocenters. The standard InChI is InChI=1S/C12H16N2O4/c1-12(2,3)18-11(17)7-4-8(6-15)14-9(5-7)10(13)16/h4-5,15H,6H2,1-3H3,(H2,13,16). The molecule has 0 fully saturated rings. The number of pyridine rings is 1. The fraction of sp³-hybridized carbons (Fsp3) is 0.417. The quantitative estimate of drug-likeness (QED) is 0.768. The second-order valence-corrected chi connectivity index (χ2v) is 4.76. The van der Waals surface area contributed by atoms with Crippen LogP contribution in [0.2, 0.25) is 0 Å². The summed E-state index contributed by atoms with van der Waals surface area (Å²) in [6.07, 6.45) is 0. The van der Waals surface area contributed by atoms with Crippen LogP contribution in [0.3, 0.4) is 0 Å². The summed E-state index contributed by atoms with van der Waals surface area (Å²) in [6.45, 7) is 4.80. The van der Waals surface area contributed by atoms with E-state index in [0.29, 0.717) is 0 Å². The molecule has 18 heavy (non-hydrogen) atoms. The van der Waals surface area contributed by atoms with Crippen LogP contribution in [0.5, 0.6) is 0 Å². The summed E-state index contributed by atoms with van der Waals surface area (Å²) in [5.41, 5.74) is 4.70. The number of rotatable bonds is 3. The third-order valence-corrected chi connectivity index (χ3v) is 1.93. The van der Waals surface area contributed by atoms with Crippen molar-refractivity contribution >= 4 is 11.9 Å². The number of carbonyl (C=O) groups is 2. The van der Waals surface area contributed by atoms with E-state index in [1.54, 1.807) is 20.8 Å². The van der Waals surface area contributed by atoms with E-state index in [0.717, 1.165) is 0 Å². The largest absolute Gasteiger partial charge is 0.456 e. The second kappa shape index (κ2) is 5.14.